The Hall–Kier alpha value is -2.64. The van der Waals surface area contributed by atoms with Gasteiger partial charge in [0.05, 0.1) is 6.61 Å². The molecule has 26 heavy (non-hydrogen) atoms. The van der Waals surface area contributed by atoms with Crippen molar-refractivity contribution in [1.82, 2.24) is 30.4 Å². The van der Waals surface area contributed by atoms with Crippen LogP contribution in [-0.2, 0) is 19.5 Å². The lowest BCUT2D eigenvalue weighted by molar-refractivity contribution is 0.288. The van der Waals surface area contributed by atoms with Gasteiger partial charge in [0.15, 0.2) is 5.96 Å². The first-order valence-electron chi connectivity index (χ1n) is 9.17. The Morgan fingerprint density at radius 1 is 1.38 bits per heavy atom. The second-order valence-corrected chi connectivity index (χ2v) is 6.40. The number of ether oxygens (including phenoxy) is 1. The Kier molecular flexibility index (Phi) is 6.40. The molecule has 3 rings (SSSR count). The summed E-state index contributed by atoms with van der Waals surface area (Å²) in [5.41, 5.74) is 1.11. The number of nitrogens with one attached hydrogen (secondary N) is 2. The molecule has 2 heterocycles. The fourth-order valence-electron chi connectivity index (χ4n) is 2.57. The van der Waals surface area contributed by atoms with Crippen molar-refractivity contribution in [3.8, 4) is 5.88 Å². The molecular formula is C18H27N7O. The Morgan fingerprint density at radius 3 is 3.04 bits per heavy atom. The maximum absolute atomic E-state index is 5.73. The normalized spacial score (nSPS) is 14.3. The standard InChI is InChI=1S/C18H27N7O/c1-3-16-24-23-13-25(16)9-8-21-18(19-2)22-11-15-6-7-20-17(10-15)26-12-14-4-5-14/h6-7,10,13-14H,3-5,8-9,11-12H2,1-2H3,(H2,19,21,22). The van der Waals surface area contributed by atoms with Crippen LogP contribution in [0.3, 0.4) is 0 Å². The quantitative estimate of drug-likeness (QED) is 0.521. The van der Waals surface area contributed by atoms with Crippen LogP contribution in [0.15, 0.2) is 29.6 Å². The van der Waals surface area contributed by atoms with E-state index in [1.54, 1.807) is 19.6 Å². The third kappa shape index (κ3) is 5.44. The second kappa shape index (κ2) is 9.17. The summed E-state index contributed by atoms with van der Waals surface area (Å²) in [6.07, 6.45) is 6.97. The van der Waals surface area contributed by atoms with Gasteiger partial charge in [0.25, 0.3) is 0 Å². The number of hydrogen-bond acceptors (Lipinski definition) is 5. The third-order valence-corrected chi connectivity index (χ3v) is 4.30. The van der Waals surface area contributed by atoms with Gasteiger partial charge in [-0.2, -0.15) is 0 Å². The van der Waals surface area contributed by atoms with E-state index in [1.165, 1.54) is 12.8 Å². The topological polar surface area (TPSA) is 89.2 Å². The van der Waals surface area contributed by atoms with Crippen LogP contribution in [0.2, 0.25) is 0 Å². The maximum Gasteiger partial charge on any atom is 0.213 e. The van der Waals surface area contributed by atoms with Gasteiger partial charge in [-0.3, -0.25) is 4.99 Å². The average Bonchev–Trinajstić information content (AvgIpc) is 3.40. The van der Waals surface area contributed by atoms with Gasteiger partial charge in [-0.05, 0) is 30.4 Å². The molecule has 0 bridgehead atoms. The SMILES string of the molecule is CCc1nncn1CCNC(=NC)NCc1ccnc(OCC2CC2)c1. The van der Waals surface area contributed by atoms with E-state index in [2.05, 4.69) is 37.7 Å². The number of aromatic nitrogens is 4. The third-order valence-electron chi connectivity index (χ3n) is 4.30. The van der Waals surface area contributed by atoms with Crippen LogP contribution in [0.25, 0.3) is 0 Å². The van der Waals surface area contributed by atoms with E-state index in [-0.39, 0.29) is 0 Å². The molecule has 2 N–H and O–H groups in total. The highest BCUT2D eigenvalue weighted by molar-refractivity contribution is 5.79. The summed E-state index contributed by atoms with van der Waals surface area (Å²) in [5.74, 6) is 3.16. The molecule has 1 aliphatic carbocycles. The molecule has 1 fully saturated rings. The van der Waals surface area contributed by atoms with Gasteiger partial charge in [-0.25, -0.2) is 4.98 Å². The Morgan fingerprint density at radius 2 is 2.27 bits per heavy atom. The zero-order chi connectivity index (χ0) is 18.2. The molecule has 2 aromatic rings. The molecule has 0 amide bonds. The Labute approximate surface area is 154 Å². The van der Waals surface area contributed by atoms with Crippen LogP contribution >= 0.6 is 0 Å². The van der Waals surface area contributed by atoms with E-state index < -0.39 is 0 Å². The zero-order valence-corrected chi connectivity index (χ0v) is 15.5. The van der Waals surface area contributed by atoms with Crippen LogP contribution in [-0.4, -0.2) is 45.9 Å². The minimum atomic E-state index is 0.662. The molecule has 0 aliphatic heterocycles. The van der Waals surface area contributed by atoms with E-state index in [9.17, 15) is 0 Å². The summed E-state index contributed by atoms with van der Waals surface area (Å²) < 4.78 is 7.78. The average molecular weight is 357 g/mol. The summed E-state index contributed by atoms with van der Waals surface area (Å²) >= 11 is 0. The highest BCUT2D eigenvalue weighted by Crippen LogP contribution is 2.29. The molecule has 0 saturated heterocycles. The predicted molar refractivity (Wildman–Crippen MR) is 100 cm³/mol. The van der Waals surface area contributed by atoms with Crippen molar-refractivity contribution >= 4 is 5.96 Å². The number of pyridine rings is 1. The Bertz CT molecular complexity index is 724. The van der Waals surface area contributed by atoms with Crippen LogP contribution < -0.4 is 15.4 Å². The fourth-order valence-corrected chi connectivity index (χ4v) is 2.57. The van der Waals surface area contributed by atoms with Crippen molar-refractivity contribution in [2.24, 2.45) is 10.9 Å². The molecule has 0 unspecified atom stereocenters. The molecule has 0 radical (unpaired) electrons. The molecule has 2 aromatic heterocycles. The van der Waals surface area contributed by atoms with Gasteiger partial charge < -0.3 is 19.9 Å². The largest absolute Gasteiger partial charge is 0.477 e. The van der Waals surface area contributed by atoms with E-state index >= 15 is 0 Å². The summed E-state index contributed by atoms with van der Waals surface area (Å²) in [4.78, 5) is 8.53. The summed E-state index contributed by atoms with van der Waals surface area (Å²) in [6, 6.07) is 3.96. The van der Waals surface area contributed by atoms with Crippen molar-refractivity contribution in [2.45, 2.75) is 39.3 Å². The van der Waals surface area contributed by atoms with Crippen molar-refractivity contribution in [3.05, 3.63) is 36.0 Å². The number of rotatable bonds is 9. The first-order valence-corrected chi connectivity index (χ1v) is 9.17. The van der Waals surface area contributed by atoms with Gasteiger partial charge >= 0.3 is 0 Å². The molecule has 8 heteroatoms. The summed E-state index contributed by atoms with van der Waals surface area (Å²) in [7, 11) is 1.77. The van der Waals surface area contributed by atoms with E-state index in [1.807, 2.05) is 16.7 Å². The molecule has 8 nitrogen and oxygen atoms in total. The van der Waals surface area contributed by atoms with Gasteiger partial charge in [0.1, 0.15) is 12.2 Å². The number of hydrogen-bond donors (Lipinski definition) is 2. The fraction of sp³-hybridized carbons (Fsp3) is 0.556. The van der Waals surface area contributed by atoms with Gasteiger partial charge in [-0.1, -0.05) is 6.92 Å². The maximum atomic E-state index is 5.73. The second-order valence-electron chi connectivity index (χ2n) is 6.40. The number of aliphatic imine (C=N–C) groups is 1. The predicted octanol–water partition coefficient (Wildman–Crippen LogP) is 1.39. The highest BCUT2D eigenvalue weighted by atomic mass is 16.5. The van der Waals surface area contributed by atoms with Crippen molar-refractivity contribution in [3.63, 3.8) is 0 Å². The van der Waals surface area contributed by atoms with Crippen molar-refractivity contribution < 1.29 is 4.74 Å². The molecule has 1 saturated carbocycles. The number of aryl methyl sites for hydroxylation is 1. The first-order chi connectivity index (χ1) is 12.8. The van der Waals surface area contributed by atoms with Crippen LogP contribution in [0.1, 0.15) is 31.2 Å². The first kappa shape index (κ1) is 18.2. The van der Waals surface area contributed by atoms with Gasteiger partial charge in [0, 0.05) is 45.4 Å². The molecule has 0 spiro atoms. The van der Waals surface area contributed by atoms with Crippen molar-refractivity contribution in [1.29, 1.82) is 0 Å². The lowest BCUT2D eigenvalue weighted by Gasteiger charge is -2.13. The van der Waals surface area contributed by atoms with Crippen LogP contribution in [0.4, 0.5) is 0 Å². The molecular weight excluding hydrogens is 330 g/mol. The molecule has 1 aliphatic rings. The number of nitrogens with zero attached hydrogens (tertiary/aromatic N) is 5. The van der Waals surface area contributed by atoms with E-state index in [0.717, 1.165) is 49.4 Å². The van der Waals surface area contributed by atoms with Gasteiger partial charge in [-0.15, -0.1) is 10.2 Å². The van der Waals surface area contributed by atoms with Gasteiger partial charge in [0.2, 0.25) is 5.88 Å². The number of guanidine groups is 1. The van der Waals surface area contributed by atoms with Crippen LogP contribution in [0, 0.1) is 5.92 Å². The lowest BCUT2D eigenvalue weighted by atomic mass is 10.2. The highest BCUT2D eigenvalue weighted by Gasteiger charge is 2.22. The molecule has 0 aromatic carbocycles. The molecule has 140 valence electrons. The summed E-state index contributed by atoms with van der Waals surface area (Å²) in [5, 5.41) is 14.7. The minimum Gasteiger partial charge on any atom is -0.477 e. The van der Waals surface area contributed by atoms with Crippen LogP contribution in [0.5, 0.6) is 5.88 Å². The Balaban J connectivity index is 1.42. The monoisotopic (exact) mass is 357 g/mol. The molecule has 0 atom stereocenters. The smallest absolute Gasteiger partial charge is 0.213 e. The minimum absolute atomic E-state index is 0.662. The van der Waals surface area contributed by atoms with E-state index in [0.29, 0.717) is 12.4 Å². The van der Waals surface area contributed by atoms with Crippen molar-refractivity contribution in [2.75, 3.05) is 20.2 Å². The summed E-state index contributed by atoms with van der Waals surface area (Å²) in [6.45, 7) is 5.05. The zero-order valence-electron chi connectivity index (χ0n) is 15.5. The van der Waals surface area contributed by atoms with E-state index in [4.69, 9.17) is 4.74 Å². The lowest BCUT2D eigenvalue weighted by Crippen LogP contribution is -2.38.